The Labute approximate surface area is 147 Å². The lowest BCUT2D eigenvalue weighted by molar-refractivity contribution is -0.121. The summed E-state index contributed by atoms with van der Waals surface area (Å²) in [6.45, 7) is 4.98. The smallest absolute Gasteiger partial charge is 0.226 e. The minimum atomic E-state index is -0.0553. The quantitative estimate of drug-likeness (QED) is 0.872. The van der Waals surface area contributed by atoms with Gasteiger partial charge in [0, 0.05) is 42.9 Å². The van der Waals surface area contributed by atoms with Crippen LogP contribution < -0.4 is 5.32 Å². The van der Waals surface area contributed by atoms with Gasteiger partial charge in [-0.1, -0.05) is 0 Å². The van der Waals surface area contributed by atoms with Crippen LogP contribution in [-0.2, 0) is 22.5 Å². The molecule has 0 saturated heterocycles. The van der Waals surface area contributed by atoms with Crippen LogP contribution in [-0.4, -0.2) is 41.3 Å². The highest BCUT2D eigenvalue weighted by Gasteiger charge is 2.19. The number of methoxy groups -OCH3 is 1. The van der Waals surface area contributed by atoms with Gasteiger partial charge >= 0.3 is 0 Å². The number of carbonyl (C=O) groups is 1. The zero-order valence-corrected chi connectivity index (χ0v) is 14.7. The van der Waals surface area contributed by atoms with E-state index in [0.29, 0.717) is 13.1 Å². The Kier molecular flexibility index (Phi) is 5.19. The first kappa shape index (κ1) is 17.2. The summed E-state index contributed by atoms with van der Waals surface area (Å²) < 4.78 is 5.12. The van der Waals surface area contributed by atoms with Crippen LogP contribution in [0.5, 0.6) is 0 Å². The highest BCUT2D eigenvalue weighted by atomic mass is 16.5. The molecule has 2 aromatic heterocycles. The third-order valence-corrected chi connectivity index (χ3v) is 4.21. The molecule has 3 heterocycles. The molecule has 0 aromatic carbocycles. The third kappa shape index (κ3) is 4.09. The monoisotopic (exact) mass is 338 g/mol. The number of hydrogen-bond donors (Lipinski definition) is 1. The van der Waals surface area contributed by atoms with Crippen molar-refractivity contribution in [2.24, 2.45) is 4.99 Å². The molecule has 0 spiro atoms. The number of carbonyl (C=O) groups excluding carboxylic acids is 1. The van der Waals surface area contributed by atoms with Crippen LogP contribution in [0.2, 0.25) is 0 Å². The number of nitrogens with one attached hydrogen (secondary N) is 1. The number of aryl methyl sites for hydroxylation is 1. The van der Waals surface area contributed by atoms with E-state index < -0.39 is 0 Å². The van der Waals surface area contributed by atoms with Crippen LogP contribution in [0.1, 0.15) is 35.0 Å². The van der Waals surface area contributed by atoms with E-state index in [4.69, 9.17) is 4.74 Å². The van der Waals surface area contributed by atoms with Gasteiger partial charge in [-0.2, -0.15) is 0 Å². The maximum Gasteiger partial charge on any atom is 0.226 e. The van der Waals surface area contributed by atoms with Crippen molar-refractivity contribution in [1.29, 1.82) is 0 Å². The van der Waals surface area contributed by atoms with E-state index in [-0.39, 0.29) is 18.4 Å². The lowest BCUT2D eigenvalue weighted by atomic mass is 10.0. The second-order valence-electron chi connectivity index (χ2n) is 6.21. The van der Waals surface area contributed by atoms with E-state index in [0.717, 1.165) is 33.8 Å². The lowest BCUT2D eigenvalue weighted by Gasteiger charge is -2.11. The number of rotatable bonds is 6. The van der Waals surface area contributed by atoms with Crippen molar-refractivity contribution in [1.82, 2.24) is 15.3 Å². The van der Waals surface area contributed by atoms with Crippen LogP contribution >= 0.6 is 0 Å². The van der Waals surface area contributed by atoms with Gasteiger partial charge in [-0.25, -0.2) is 0 Å². The molecule has 2 aromatic rings. The molecule has 25 heavy (non-hydrogen) atoms. The van der Waals surface area contributed by atoms with Crippen molar-refractivity contribution in [3.05, 3.63) is 58.7 Å². The molecule has 0 saturated carbocycles. The molecular weight excluding hydrogens is 316 g/mol. The number of amides is 1. The van der Waals surface area contributed by atoms with E-state index >= 15 is 0 Å². The largest absolute Gasteiger partial charge is 0.380 e. The summed E-state index contributed by atoms with van der Waals surface area (Å²) in [6, 6.07) is 5.95. The Hall–Kier alpha value is -2.60. The molecule has 0 radical (unpaired) electrons. The molecule has 1 aliphatic rings. The van der Waals surface area contributed by atoms with Crippen molar-refractivity contribution in [2.45, 2.75) is 32.9 Å². The average molecular weight is 338 g/mol. The van der Waals surface area contributed by atoms with Gasteiger partial charge < -0.3 is 10.1 Å². The van der Waals surface area contributed by atoms with Gasteiger partial charge in [0.25, 0.3) is 0 Å². The number of hydrogen-bond acceptors (Lipinski definition) is 5. The number of fused-ring (bicyclic) bond motifs is 1. The van der Waals surface area contributed by atoms with Gasteiger partial charge in [0.1, 0.15) is 0 Å². The molecule has 1 unspecified atom stereocenters. The number of nitrogens with zero attached hydrogens (tertiary/aromatic N) is 3. The molecule has 130 valence electrons. The van der Waals surface area contributed by atoms with E-state index in [1.807, 2.05) is 38.2 Å². The van der Waals surface area contributed by atoms with Crippen molar-refractivity contribution in [3.63, 3.8) is 0 Å². The standard InChI is InChI=1S/C19H22N4O2/c1-12-6-14(4-5-20-12)19-17-11-21-16(7-15(17)10-23-19)8-18(24)22-9-13(2)25-3/h4-7,11,13H,8-10H2,1-3H3,(H,22,24). The summed E-state index contributed by atoms with van der Waals surface area (Å²) in [5, 5.41) is 2.85. The molecule has 6 heteroatoms. The predicted octanol–water partition coefficient (Wildman–Crippen LogP) is 1.83. The van der Waals surface area contributed by atoms with Crippen LogP contribution in [0.3, 0.4) is 0 Å². The summed E-state index contributed by atoms with van der Waals surface area (Å²) >= 11 is 0. The molecule has 6 nitrogen and oxygen atoms in total. The van der Waals surface area contributed by atoms with Gasteiger partial charge in [0.15, 0.2) is 0 Å². The SMILES string of the molecule is COC(C)CNC(=O)Cc1cc2c(cn1)C(c1ccnc(C)c1)=NC2. The fourth-order valence-corrected chi connectivity index (χ4v) is 2.74. The van der Waals surface area contributed by atoms with Gasteiger partial charge in [-0.05, 0) is 37.6 Å². The van der Waals surface area contributed by atoms with E-state index in [9.17, 15) is 4.79 Å². The fourth-order valence-electron chi connectivity index (χ4n) is 2.74. The number of ether oxygens (including phenoxy) is 1. The minimum absolute atomic E-state index is 0.00305. The predicted molar refractivity (Wildman–Crippen MR) is 95.7 cm³/mol. The molecule has 0 aliphatic carbocycles. The maximum atomic E-state index is 12.0. The Morgan fingerprint density at radius 3 is 2.96 bits per heavy atom. The van der Waals surface area contributed by atoms with Crippen LogP contribution in [0, 0.1) is 6.92 Å². The summed E-state index contributed by atoms with van der Waals surface area (Å²) in [5.74, 6) is -0.0553. The maximum absolute atomic E-state index is 12.0. The third-order valence-electron chi connectivity index (χ3n) is 4.21. The Bertz CT molecular complexity index is 817. The Balaban J connectivity index is 1.69. The first-order chi connectivity index (χ1) is 12.1. The van der Waals surface area contributed by atoms with Gasteiger partial charge in [0.05, 0.1) is 30.5 Å². The highest BCUT2D eigenvalue weighted by molar-refractivity contribution is 6.15. The second kappa shape index (κ2) is 7.53. The van der Waals surface area contributed by atoms with Crippen molar-refractivity contribution >= 4 is 11.6 Å². The normalized spacial score (nSPS) is 14.0. The lowest BCUT2D eigenvalue weighted by Crippen LogP contribution is -2.32. The first-order valence-corrected chi connectivity index (χ1v) is 8.32. The molecule has 1 N–H and O–H groups in total. The average Bonchev–Trinajstić information content (AvgIpc) is 3.03. The van der Waals surface area contributed by atoms with E-state index in [1.165, 1.54) is 0 Å². The number of aliphatic imine (C=N–C) groups is 1. The minimum Gasteiger partial charge on any atom is -0.380 e. The molecule has 0 bridgehead atoms. The van der Waals surface area contributed by atoms with Crippen molar-refractivity contribution in [2.75, 3.05) is 13.7 Å². The van der Waals surface area contributed by atoms with Gasteiger partial charge in [-0.3, -0.25) is 19.8 Å². The molecular formula is C19H22N4O2. The molecule has 1 atom stereocenters. The summed E-state index contributed by atoms with van der Waals surface area (Å²) in [6.07, 6.45) is 3.86. The Morgan fingerprint density at radius 2 is 2.20 bits per heavy atom. The van der Waals surface area contributed by atoms with Crippen LogP contribution in [0.25, 0.3) is 0 Å². The summed E-state index contributed by atoms with van der Waals surface area (Å²) in [7, 11) is 1.63. The number of pyridine rings is 2. The number of aromatic nitrogens is 2. The zero-order chi connectivity index (χ0) is 17.8. The van der Waals surface area contributed by atoms with Crippen molar-refractivity contribution < 1.29 is 9.53 Å². The van der Waals surface area contributed by atoms with Crippen molar-refractivity contribution in [3.8, 4) is 0 Å². The Morgan fingerprint density at radius 1 is 1.36 bits per heavy atom. The van der Waals surface area contributed by atoms with Crippen LogP contribution in [0.15, 0.2) is 35.6 Å². The second-order valence-corrected chi connectivity index (χ2v) is 6.21. The van der Waals surface area contributed by atoms with E-state index in [1.54, 1.807) is 13.3 Å². The van der Waals surface area contributed by atoms with Crippen LogP contribution in [0.4, 0.5) is 0 Å². The summed E-state index contributed by atoms with van der Waals surface area (Å²) in [5.41, 5.74) is 5.84. The fraction of sp³-hybridized carbons (Fsp3) is 0.368. The molecule has 0 fully saturated rings. The molecule has 1 amide bonds. The molecule has 3 rings (SSSR count). The molecule has 1 aliphatic heterocycles. The first-order valence-electron chi connectivity index (χ1n) is 8.32. The topological polar surface area (TPSA) is 76.5 Å². The van der Waals surface area contributed by atoms with Gasteiger partial charge in [-0.15, -0.1) is 0 Å². The summed E-state index contributed by atoms with van der Waals surface area (Å²) in [4.78, 5) is 25.3. The van der Waals surface area contributed by atoms with Gasteiger partial charge in [0.2, 0.25) is 5.91 Å². The van der Waals surface area contributed by atoms with E-state index in [2.05, 4.69) is 20.3 Å². The highest BCUT2D eigenvalue weighted by Crippen LogP contribution is 2.23. The zero-order valence-electron chi connectivity index (χ0n) is 14.7.